The highest BCUT2D eigenvalue weighted by atomic mass is 32.2. The quantitative estimate of drug-likeness (QED) is 0.0437. The number of thioether (sulfide) groups is 1. The van der Waals surface area contributed by atoms with Crippen molar-refractivity contribution in [1.82, 2.24) is 41.2 Å². The molecule has 2 heterocycles. The van der Waals surface area contributed by atoms with E-state index in [0.29, 0.717) is 11.1 Å². The van der Waals surface area contributed by atoms with Crippen molar-refractivity contribution in [2.24, 2.45) is 28.6 Å². The maximum absolute atomic E-state index is 17.8. The van der Waals surface area contributed by atoms with Gasteiger partial charge in [-0.05, 0) is 128 Å². The molecule has 0 radical (unpaired) electrons. The summed E-state index contributed by atoms with van der Waals surface area (Å²) in [6.45, 7) is 5.86. The second-order valence-electron chi connectivity index (χ2n) is 22.7. The molecule has 0 unspecified atom stereocenters. The maximum Gasteiger partial charge on any atom is 0.339 e. The van der Waals surface area contributed by atoms with Crippen molar-refractivity contribution in [2.75, 3.05) is 36.9 Å². The summed E-state index contributed by atoms with van der Waals surface area (Å²) < 4.78 is 117. The van der Waals surface area contributed by atoms with E-state index in [-0.39, 0.29) is 46.9 Å². The van der Waals surface area contributed by atoms with Crippen molar-refractivity contribution in [3.05, 3.63) is 102 Å². The van der Waals surface area contributed by atoms with Crippen molar-refractivity contribution >= 4 is 83.5 Å². The van der Waals surface area contributed by atoms with Crippen molar-refractivity contribution in [2.45, 2.75) is 106 Å². The molecule has 5 amide bonds. The smallest absolute Gasteiger partial charge is 0.339 e. The minimum Gasteiger partial charge on any atom is -0.446 e. The number of aliphatic hydroxyl groups excluding tert-OH is 1. The fourth-order valence-electron chi connectivity index (χ4n) is 12.1. The number of allylic oxidation sites excluding steroid dienone is 4. The Morgan fingerprint density at radius 2 is 1.38 bits per heavy atom. The third-order valence-electron chi connectivity index (χ3n) is 16.6. The van der Waals surface area contributed by atoms with E-state index < -0.39 is 190 Å². The molecule has 0 bridgehead atoms. The third-order valence-corrected chi connectivity index (χ3v) is 19.1. The van der Waals surface area contributed by atoms with Gasteiger partial charge in [0.05, 0.1) is 30.4 Å². The van der Waals surface area contributed by atoms with Crippen LogP contribution < -0.4 is 26.6 Å². The number of hydrogen-bond donors (Lipinski definition) is 6. The van der Waals surface area contributed by atoms with Crippen LogP contribution in [0.25, 0.3) is 22.3 Å². The van der Waals surface area contributed by atoms with Gasteiger partial charge in [0.1, 0.15) is 30.1 Å². The number of benzene rings is 2. The van der Waals surface area contributed by atoms with Gasteiger partial charge in [-0.25, -0.2) is 59.1 Å². The topological polar surface area (TPSA) is 346 Å². The average molecular weight is 1270 g/mol. The Labute approximate surface area is 501 Å². The number of aliphatic hydroxyl groups is 1. The zero-order valence-corrected chi connectivity index (χ0v) is 50.2. The van der Waals surface area contributed by atoms with Gasteiger partial charge in [-0.3, -0.25) is 33.6 Å². The number of ketones is 1. The summed E-state index contributed by atoms with van der Waals surface area (Å²) in [5.74, 6) is -10.1. The Morgan fingerprint density at radius 3 is 1.94 bits per heavy atom. The molecular formula is C57H61F4N9O14S3. The lowest BCUT2D eigenvalue weighted by molar-refractivity contribution is -0.219. The van der Waals surface area contributed by atoms with Gasteiger partial charge in [0.25, 0.3) is 5.91 Å². The lowest BCUT2D eigenvalue weighted by atomic mass is 9.44. The molecule has 3 fully saturated rings. The van der Waals surface area contributed by atoms with E-state index in [1.807, 2.05) is 0 Å². The predicted molar refractivity (Wildman–Crippen MR) is 305 cm³/mol. The van der Waals surface area contributed by atoms with Crippen molar-refractivity contribution < 1.29 is 82.6 Å². The van der Waals surface area contributed by atoms with Gasteiger partial charge in [0.15, 0.2) is 17.1 Å². The van der Waals surface area contributed by atoms with Crippen LogP contribution in [0.2, 0.25) is 0 Å². The van der Waals surface area contributed by atoms with Crippen molar-refractivity contribution in [1.29, 1.82) is 0 Å². The number of amides is 5. The Hall–Kier alpha value is -7.83. The molecule has 464 valence electrons. The first-order chi connectivity index (χ1) is 40.7. The Kier molecular flexibility index (Phi) is 18.5. The second-order valence-corrected chi connectivity index (χ2v) is 27.4. The molecule has 23 nitrogen and oxygen atoms in total. The fourth-order valence-corrected chi connectivity index (χ4v) is 13.8. The number of carbonyl (C=O) groups is 8. The molecule has 4 aliphatic rings. The van der Waals surface area contributed by atoms with Crippen LogP contribution in [-0.2, 0) is 53.2 Å². The highest BCUT2D eigenvalue weighted by molar-refractivity contribution is 8.13. The molecule has 8 rings (SSSR count). The molecule has 0 aliphatic heterocycles. The monoisotopic (exact) mass is 1270 g/mol. The first-order valence-corrected chi connectivity index (χ1v) is 31.8. The largest absolute Gasteiger partial charge is 0.446 e. The number of anilines is 1. The number of rotatable bonds is 19. The molecule has 10 atom stereocenters. The number of hydrogen-bond acceptors (Lipinski definition) is 19. The SMILES string of the molecule is CC(C)[C@H](NC(=O)CNC(=O)CNC(=O)c1cc(-c2cnc(S(C)(=O)=O)nc2)cc(-c2cnc(S(C)(=O)=O)nc2)c1)C(=O)N[C@@H](C)C(=O)Nc1cc(C(=O)O[C@]2(C(=O)SCF)CC[C@H]3[C@@H]4C[C@H](F)C5=CC(=O)C=C[C@]5(C)[C@@]4(F)[C@@H](O)C[C@@]32C)ccc1F. The molecular weight excluding hydrogens is 1210 g/mol. The van der Waals surface area contributed by atoms with E-state index in [1.165, 1.54) is 63.8 Å². The lowest BCUT2D eigenvalue weighted by Crippen LogP contribution is -2.70. The van der Waals surface area contributed by atoms with Crippen LogP contribution in [0.5, 0.6) is 0 Å². The van der Waals surface area contributed by atoms with Gasteiger partial charge in [0.2, 0.25) is 58.7 Å². The van der Waals surface area contributed by atoms with Gasteiger partial charge in [-0.1, -0.05) is 26.8 Å². The number of fused-ring (bicyclic) bond motifs is 5. The molecule has 2 aromatic heterocycles. The molecule has 3 saturated carbocycles. The molecule has 0 spiro atoms. The van der Waals surface area contributed by atoms with E-state index in [4.69, 9.17) is 4.74 Å². The Morgan fingerprint density at radius 1 is 0.793 bits per heavy atom. The number of halogens is 4. The molecule has 30 heteroatoms. The van der Waals surface area contributed by atoms with Crippen molar-refractivity contribution in [3.8, 4) is 22.3 Å². The molecule has 2 aromatic carbocycles. The van der Waals surface area contributed by atoms with Crippen LogP contribution in [0.15, 0.2) is 95.3 Å². The molecule has 4 aliphatic carbocycles. The summed E-state index contributed by atoms with van der Waals surface area (Å²) in [5, 5.41) is 21.8. The van der Waals surface area contributed by atoms with Crippen LogP contribution in [0.4, 0.5) is 23.2 Å². The summed E-state index contributed by atoms with van der Waals surface area (Å²) in [7, 11) is -7.53. The number of ether oxygens (including phenoxy) is 1. The van der Waals surface area contributed by atoms with Crippen LogP contribution in [-0.4, -0.2) is 156 Å². The van der Waals surface area contributed by atoms with Gasteiger partial charge in [-0.2, -0.15) is 0 Å². The zero-order valence-electron chi connectivity index (χ0n) is 47.8. The number of sulfone groups is 2. The lowest BCUT2D eigenvalue weighted by Gasteiger charge is -2.63. The average Bonchev–Trinajstić information content (AvgIpc) is 1.66. The second kappa shape index (κ2) is 24.7. The summed E-state index contributed by atoms with van der Waals surface area (Å²) >= 11 is 0.182. The molecule has 6 N–H and O–H groups in total. The summed E-state index contributed by atoms with van der Waals surface area (Å²) in [6, 6.07) is 2.98. The Balaban J connectivity index is 0.878. The van der Waals surface area contributed by atoms with Gasteiger partial charge < -0.3 is 36.4 Å². The van der Waals surface area contributed by atoms with Crippen molar-refractivity contribution in [3.63, 3.8) is 0 Å². The third kappa shape index (κ3) is 12.8. The number of esters is 1. The number of aromatic nitrogens is 4. The minimum atomic E-state index is -3.77. The summed E-state index contributed by atoms with van der Waals surface area (Å²) in [5.41, 5.74) is -8.18. The fraction of sp³-hybridized carbons (Fsp3) is 0.439. The molecule has 0 saturated heterocycles. The summed E-state index contributed by atoms with van der Waals surface area (Å²) in [4.78, 5) is 123. The first-order valence-electron chi connectivity index (χ1n) is 27.0. The van der Waals surface area contributed by atoms with E-state index in [2.05, 4.69) is 46.5 Å². The standard InChI is InChI=1S/C57H61F4N9O14S3/c1-28(2)46(70-45(74)26-62-44(73)25-63-48(76)33-15-31(34-21-64-52(65-22-34)86(6,80)81)14-32(16-33)35-23-66-53(67-24-35)87(7,82)83)49(77)68-29(3)47(75)69-42-17-30(8-9-40(42)59)50(78)84-56(51(79)85-27-58)13-11-37-38-19-41(60)39-18-36(71)10-12-54(39,4)57(38,61)43(72)20-55(37,56)5/h8-10,12,14-18,21-24,28-29,37-38,41,43,46,72H,11,13,19-20,25-27H2,1-7H3,(H,62,73)(H,63,76)(H,68,77)(H,69,75)(H,70,74)/t29-,37-,38-,41-,43-,46-,54-,55-,56-,57-/m0/s1. The van der Waals surface area contributed by atoms with Crippen LogP contribution in [0.1, 0.15) is 81.0 Å². The van der Waals surface area contributed by atoms with Crippen LogP contribution in [0.3, 0.4) is 0 Å². The highest BCUT2D eigenvalue weighted by Gasteiger charge is 2.76. The predicted octanol–water partition coefficient (Wildman–Crippen LogP) is 4.08. The maximum atomic E-state index is 17.8. The van der Waals surface area contributed by atoms with E-state index in [9.17, 15) is 64.7 Å². The van der Waals surface area contributed by atoms with Gasteiger partial charge in [-0.15, -0.1) is 0 Å². The van der Waals surface area contributed by atoms with E-state index in [1.54, 1.807) is 19.9 Å². The number of nitrogens with zero attached hydrogens (tertiary/aromatic N) is 4. The molecule has 4 aromatic rings. The number of nitrogens with one attached hydrogen (secondary N) is 5. The highest BCUT2D eigenvalue weighted by Crippen LogP contribution is 2.71. The van der Waals surface area contributed by atoms with Crippen LogP contribution >= 0.6 is 11.8 Å². The normalized spacial score (nSPS) is 25.5. The number of alkyl halides is 3. The van der Waals surface area contributed by atoms with Gasteiger partial charge in [0, 0.05) is 70.7 Å². The Bertz CT molecular complexity index is 3690. The molecule has 87 heavy (non-hydrogen) atoms. The van der Waals surface area contributed by atoms with E-state index >= 15 is 13.2 Å². The minimum absolute atomic E-state index is 0.0203. The summed E-state index contributed by atoms with van der Waals surface area (Å²) in [6.07, 6.45) is 5.04. The van der Waals surface area contributed by atoms with Gasteiger partial charge >= 0.3 is 5.97 Å². The number of carbonyl (C=O) groups excluding carboxylic acids is 8. The zero-order chi connectivity index (χ0) is 63.9. The first kappa shape index (κ1) is 65.2. The van der Waals surface area contributed by atoms with E-state index in [0.717, 1.165) is 42.9 Å². The van der Waals surface area contributed by atoms with Crippen LogP contribution in [0, 0.1) is 34.4 Å².